The van der Waals surface area contributed by atoms with Crippen molar-refractivity contribution in [2.45, 2.75) is 32.6 Å². The van der Waals surface area contributed by atoms with Crippen molar-refractivity contribution in [1.29, 1.82) is 0 Å². The van der Waals surface area contributed by atoms with Gasteiger partial charge in [-0.3, -0.25) is 4.79 Å². The molecule has 0 spiro atoms. The van der Waals surface area contributed by atoms with Crippen LogP contribution in [0.4, 0.5) is 5.69 Å². The molecule has 2 rings (SSSR count). The highest BCUT2D eigenvalue weighted by Crippen LogP contribution is 2.31. The van der Waals surface area contributed by atoms with Gasteiger partial charge in [0.15, 0.2) is 0 Å². The lowest BCUT2D eigenvalue weighted by Crippen LogP contribution is -2.35. The van der Waals surface area contributed by atoms with Gasteiger partial charge in [0, 0.05) is 5.92 Å². The number of benzene rings is 1. The van der Waals surface area contributed by atoms with Gasteiger partial charge >= 0.3 is 0 Å². The first-order valence-electron chi connectivity index (χ1n) is 7.49. The van der Waals surface area contributed by atoms with Crippen molar-refractivity contribution in [2.75, 3.05) is 18.5 Å². The zero-order valence-electron chi connectivity index (χ0n) is 12.1. The zero-order valence-corrected chi connectivity index (χ0v) is 12.1. The van der Waals surface area contributed by atoms with E-state index in [1.54, 1.807) is 0 Å². The summed E-state index contributed by atoms with van der Waals surface area (Å²) >= 11 is 0. The fourth-order valence-corrected chi connectivity index (χ4v) is 2.91. The third kappa shape index (κ3) is 3.51. The molecule has 1 aromatic carbocycles. The molecule has 1 fully saturated rings. The van der Waals surface area contributed by atoms with Gasteiger partial charge in [0.25, 0.3) is 0 Å². The maximum atomic E-state index is 12.5. The summed E-state index contributed by atoms with van der Waals surface area (Å²) in [5.41, 5.74) is 6.55. The van der Waals surface area contributed by atoms with Crippen LogP contribution in [0.15, 0.2) is 24.3 Å². The van der Waals surface area contributed by atoms with Crippen molar-refractivity contribution in [3.8, 4) is 5.75 Å². The van der Waals surface area contributed by atoms with Crippen LogP contribution in [0.2, 0.25) is 0 Å². The van der Waals surface area contributed by atoms with Crippen molar-refractivity contribution in [1.82, 2.24) is 0 Å². The molecule has 0 bridgehead atoms. The number of anilines is 1. The Bertz CT molecular complexity index is 448. The largest absolute Gasteiger partial charge is 0.492 e. The van der Waals surface area contributed by atoms with E-state index in [9.17, 15) is 4.79 Å². The minimum absolute atomic E-state index is 0.0310. The summed E-state index contributed by atoms with van der Waals surface area (Å²) < 4.78 is 5.54. The van der Waals surface area contributed by atoms with Crippen LogP contribution in [0.25, 0.3) is 0 Å². The number of carbonyl (C=O) groups is 1. The SMILES string of the molecule is CCOc1ccccc1NC(=O)C1CCCCC1CN. The molecule has 110 valence electrons. The molecule has 1 saturated carbocycles. The van der Waals surface area contributed by atoms with Crippen molar-refractivity contribution < 1.29 is 9.53 Å². The number of nitrogens with one attached hydrogen (secondary N) is 1. The Hall–Kier alpha value is -1.55. The monoisotopic (exact) mass is 276 g/mol. The van der Waals surface area contributed by atoms with Crippen LogP contribution in [-0.2, 0) is 4.79 Å². The highest BCUT2D eigenvalue weighted by atomic mass is 16.5. The highest BCUT2D eigenvalue weighted by Gasteiger charge is 2.30. The van der Waals surface area contributed by atoms with Crippen molar-refractivity contribution in [2.24, 2.45) is 17.6 Å². The van der Waals surface area contributed by atoms with Gasteiger partial charge in [-0.1, -0.05) is 25.0 Å². The Balaban J connectivity index is 2.07. The summed E-state index contributed by atoms with van der Waals surface area (Å²) in [5, 5.41) is 3.01. The van der Waals surface area contributed by atoms with E-state index < -0.39 is 0 Å². The Kier molecular flexibility index (Phi) is 5.41. The average molecular weight is 276 g/mol. The first-order chi connectivity index (χ1) is 9.76. The third-order valence-electron chi connectivity index (χ3n) is 3.99. The van der Waals surface area contributed by atoms with Gasteiger partial charge in [0.2, 0.25) is 5.91 Å². The van der Waals surface area contributed by atoms with E-state index in [4.69, 9.17) is 10.5 Å². The zero-order chi connectivity index (χ0) is 14.4. The van der Waals surface area contributed by atoms with Crippen molar-refractivity contribution in [3.05, 3.63) is 24.3 Å². The summed E-state index contributed by atoms with van der Waals surface area (Å²) in [6.45, 7) is 3.11. The molecule has 1 aromatic rings. The summed E-state index contributed by atoms with van der Waals surface area (Å²) in [4.78, 5) is 12.5. The minimum Gasteiger partial charge on any atom is -0.492 e. The summed E-state index contributed by atoms with van der Waals surface area (Å²) in [5.74, 6) is 1.14. The van der Waals surface area contributed by atoms with Crippen molar-refractivity contribution in [3.63, 3.8) is 0 Å². The fourth-order valence-electron chi connectivity index (χ4n) is 2.91. The van der Waals surface area contributed by atoms with Gasteiger partial charge in [-0.2, -0.15) is 0 Å². The number of carbonyl (C=O) groups excluding carboxylic acids is 1. The summed E-state index contributed by atoms with van der Waals surface area (Å²) in [6.07, 6.45) is 4.29. The van der Waals surface area contributed by atoms with Gasteiger partial charge in [-0.25, -0.2) is 0 Å². The molecule has 4 nitrogen and oxygen atoms in total. The molecule has 1 amide bonds. The Labute approximate surface area is 120 Å². The van der Waals surface area contributed by atoms with E-state index in [1.807, 2.05) is 31.2 Å². The first kappa shape index (κ1) is 14.9. The number of amides is 1. The molecule has 0 aromatic heterocycles. The lowest BCUT2D eigenvalue weighted by Gasteiger charge is -2.29. The molecular weight excluding hydrogens is 252 g/mol. The molecule has 0 heterocycles. The van der Waals surface area contributed by atoms with Gasteiger partial charge in [0.05, 0.1) is 12.3 Å². The normalized spacial score (nSPS) is 22.3. The second-order valence-corrected chi connectivity index (χ2v) is 5.31. The molecule has 0 radical (unpaired) electrons. The number of ether oxygens (including phenoxy) is 1. The number of hydrogen-bond acceptors (Lipinski definition) is 3. The highest BCUT2D eigenvalue weighted by molar-refractivity contribution is 5.94. The molecule has 1 aliphatic rings. The van der Waals surface area contributed by atoms with Crippen LogP contribution in [0.5, 0.6) is 5.75 Å². The van der Waals surface area contributed by atoms with Gasteiger partial charge in [-0.05, 0) is 44.4 Å². The second kappa shape index (κ2) is 7.29. The first-order valence-corrected chi connectivity index (χ1v) is 7.49. The van der Waals surface area contributed by atoms with Crippen LogP contribution >= 0.6 is 0 Å². The van der Waals surface area contributed by atoms with E-state index in [1.165, 1.54) is 6.42 Å². The van der Waals surface area contributed by atoms with E-state index >= 15 is 0 Å². The molecule has 4 heteroatoms. The Morgan fingerprint density at radius 1 is 1.35 bits per heavy atom. The van der Waals surface area contributed by atoms with Crippen LogP contribution in [0.3, 0.4) is 0 Å². The van der Waals surface area contributed by atoms with Crippen molar-refractivity contribution >= 4 is 11.6 Å². The van der Waals surface area contributed by atoms with Gasteiger partial charge in [-0.15, -0.1) is 0 Å². The van der Waals surface area contributed by atoms with Crippen LogP contribution in [-0.4, -0.2) is 19.1 Å². The topological polar surface area (TPSA) is 64.3 Å². The lowest BCUT2D eigenvalue weighted by atomic mass is 9.78. The van der Waals surface area contributed by atoms with E-state index in [0.29, 0.717) is 19.1 Å². The molecule has 2 unspecified atom stereocenters. The van der Waals surface area contributed by atoms with Crippen LogP contribution in [0, 0.1) is 11.8 Å². The maximum Gasteiger partial charge on any atom is 0.227 e. The van der Waals surface area contributed by atoms with E-state index in [2.05, 4.69) is 5.32 Å². The number of hydrogen-bond donors (Lipinski definition) is 2. The second-order valence-electron chi connectivity index (χ2n) is 5.31. The number of nitrogens with two attached hydrogens (primary N) is 1. The predicted octanol–water partition coefficient (Wildman–Crippen LogP) is 2.79. The number of rotatable bonds is 5. The standard InChI is InChI=1S/C16H24N2O2/c1-2-20-15-10-6-5-9-14(15)18-16(19)13-8-4-3-7-12(13)11-17/h5-6,9-10,12-13H,2-4,7-8,11,17H2,1H3,(H,18,19). The number of para-hydroxylation sites is 2. The fraction of sp³-hybridized carbons (Fsp3) is 0.562. The smallest absolute Gasteiger partial charge is 0.227 e. The maximum absolute atomic E-state index is 12.5. The Morgan fingerprint density at radius 3 is 2.85 bits per heavy atom. The molecule has 3 N–H and O–H groups in total. The Morgan fingerprint density at radius 2 is 2.10 bits per heavy atom. The molecular formula is C16H24N2O2. The average Bonchev–Trinajstić information content (AvgIpc) is 2.49. The van der Waals surface area contributed by atoms with Gasteiger partial charge in [0.1, 0.15) is 5.75 Å². The molecule has 0 saturated heterocycles. The molecule has 0 aliphatic heterocycles. The summed E-state index contributed by atoms with van der Waals surface area (Å²) in [7, 11) is 0. The molecule has 2 atom stereocenters. The molecule has 1 aliphatic carbocycles. The third-order valence-corrected chi connectivity index (χ3v) is 3.99. The van der Waals surface area contributed by atoms with Gasteiger partial charge < -0.3 is 15.8 Å². The van der Waals surface area contributed by atoms with Crippen LogP contribution < -0.4 is 15.8 Å². The summed E-state index contributed by atoms with van der Waals surface area (Å²) in [6, 6.07) is 7.56. The predicted molar refractivity (Wildman–Crippen MR) is 80.7 cm³/mol. The van der Waals surface area contributed by atoms with E-state index in [-0.39, 0.29) is 11.8 Å². The lowest BCUT2D eigenvalue weighted by molar-refractivity contribution is -0.122. The van der Waals surface area contributed by atoms with Crippen LogP contribution in [0.1, 0.15) is 32.6 Å². The van der Waals surface area contributed by atoms with E-state index in [0.717, 1.165) is 30.7 Å². The minimum atomic E-state index is 0.0310. The molecule has 20 heavy (non-hydrogen) atoms. The quantitative estimate of drug-likeness (QED) is 0.869.